The number of aldehydes is 1. The van der Waals surface area contributed by atoms with Crippen LogP contribution in [0, 0.1) is 12.7 Å². The van der Waals surface area contributed by atoms with Gasteiger partial charge in [-0.1, -0.05) is 12.1 Å². The maximum Gasteiger partial charge on any atom is 0.150 e. The molecule has 0 saturated carbocycles. The van der Waals surface area contributed by atoms with E-state index in [0.29, 0.717) is 12.1 Å². The zero-order chi connectivity index (χ0) is 13.8. The SMILES string of the molecule is Cc1cc(C=O)ccc1N(C)Cc1cccc(F)c1. The molecule has 3 heteroatoms. The Morgan fingerprint density at radius 1 is 1.21 bits per heavy atom. The maximum absolute atomic E-state index is 13.1. The van der Waals surface area contributed by atoms with Gasteiger partial charge in [-0.25, -0.2) is 4.39 Å². The maximum atomic E-state index is 13.1. The van der Waals surface area contributed by atoms with E-state index in [2.05, 4.69) is 0 Å². The Labute approximate surface area is 112 Å². The molecule has 0 amide bonds. The lowest BCUT2D eigenvalue weighted by Crippen LogP contribution is -2.17. The highest BCUT2D eigenvalue weighted by Gasteiger charge is 2.06. The summed E-state index contributed by atoms with van der Waals surface area (Å²) in [4.78, 5) is 12.8. The Balaban J connectivity index is 2.20. The first kappa shape index (κ1) is 13.3. The molecule has 19 heavy (non-hydrogen) atoms. The quantitative estimate of drug-likeness (QED) is 0.780. The van der Waals surface area contributed by atoms with Crippen molar-refractivity contribution >= 4 is 12.0 Å². The molecule has 0 heterocycles. The van der Waals surface area contributed by atoms with E-state index >= 15 is 0 Å². The average Bonchev–Trinajstić information content (AvgIpc) is 2.38. The Hall–Kier alpha value is -2.16. The van der Waals surface area contributed by atoms with Crippen molar-refractivity contribution in [3.05, 3.63) is 65.0 Å². The number of benzene rings is 2. The van der Waals surface area contributed by atoms with Gasteiger partial charge in [-0.3, -0.25) is 4.79 Å². The summed E-state index contributed by atoms with van der Waals surface area (Å²) in [6.07, 6.45) is 0.837. The van der Waals surface area contributed by atoms with E-state index in [0.717, 1.165) is 23.1 Å². The molecule has 0 bridgehead atoms. The monoisotopic (exact) mass is 257 g/mol. The first-order valence-electron chi connectivity index (χ1n) is 6.11. The van der Waals surface area contributed by atoms with E-state index in [1.165, 1.54) is 12.1 Å². The molecule has 2 nitrogen and oxygen atoms in total. The fourth-order valence-electron chi connectivity index (χ4n) is 2.17. The lowest BCUT2D eigenvalue weighted by atomic mass is 10.1. The Kier molecular flexibility index (Phi) is 3.95. The van der Waals surface area contributed by atoms with Gasteiger partial charge in [-0.2, -0.15) is 0 Å². The van der Waals surface area contributed by atoms with Gasteiger partial charge < -0.3 is 4.90 Å². The minimum absolute atomic E-state index is 0.223. The van der Waals surface area contributed by atoms with Gasteiger partial charge in [0, 0.05) is 24.8 Å². The summed E-state index contributed by atoms with van der Waals surface area (Å²) in [5, 5.41) is 0. The second-order valence-electron chi connectivity index (χ2n) is 4.65. The van der Waals surface area contributed by atoms with Crippen LogP contribution >= 0.6 is 0 Å². The van der Waals surface area contributed by atoms with Crippen LogP contribution in [-0.4, -0.2) is 13.3 Å². The number of nitrogens with zero attached hydrogens (tertiary/aromatic N) is 1. The number of carbonyl (C=O) groups excluding carboxylic acids is 1. The molecule has 98 valence electrons. The van der Waals surface area contributed by atoms with Crippen LogP contribution in [0.25, 0.3) is 0 Å². The van der Waals surface area contributed by atoms with Crippen LogP contribution in [0.2, 0.25) is 0 Å². The molecule has 0 spiro atoms. The van der Waals surface area contributed by atoms with E-state index < -0.39 is 0 Å². The molecule has 0 unspecified atom stereocenters. The highest BCUT2D eigenvalue weighted by Crippen LogP contribution is 2.21. The van der Waals surface area contributed by atoms with Crippen LogP contribution in [0.4, 0.5) is 10.1 Å². The molecule has 2 aromatic carbocycles. The van der Waals surface area contributed by atoms with E-state index in [1.54, 1.807) is 12.1 Å². The summed E-state index contributed by atoms with van der Waals surface area (Å²) in [5.74, 6) is -0.223. The molecular formula is C16H16FNO. The molecule has 0 aromatic heterocycles. The van der Waals surface area contributed by atoms with Crippen molar-refractivity contribution in [3.63, 3.8) is 0 Å². The second-order valence-corrected chi connectivity index (χ2v) is 4.65. The number of hydrogen-bond acceptors (Lipinski definition) is 2. The van der Waals surface area contributed by atoms with Crippen molar-refractivity contribution in [2.75, 3.05) is 11.9 Å². The molecule has 0 N–H and O–H groups in total. The number of hydrogen-bond donors (Lipinski definition) is 0. The second kappa shape index (κ2) is 5.65. The predicted molar refractivity (Wildman–Crippen MR) is 75.1 cm³/mol. The summed E-state index contributed by atoms with van der Waals surface area (Å²) in [6, 6.07) is 12.1. The molecule has 2 rings (SSSR count). The third-order valence-electron chi connectivity index (χ3n) is 3.08. The van der Waals surface area contributed by atoms with Gasteiger partial charge in [0.25, 0.3) is 0 Å². The first-order valence-corrected chi connectivity index (χ1v) is 6.11. The topological polar surface area (TPSA) is 20.3 Å². The van der Waals surface area contributed by atoms with Gasteiger partial charge in [0.2, 0.25) is 0 Å². The normalized spacial score (nSPS) is 10.3. The third kappa shape index (κ3) is 3.19. The summed E-state index contributed by atoms with van der Waals surface area (Å²) in [5.41, 5.74) is 3.65. The van der Waals surface area contributed by atoms with Crippen molar-refractivity contribution in [1.82, 2.24) is 0 Å². The molecule has 0 aliphatic carbocycles. The highest BCUT2D eigenvalue weighted by atomic mass is 19.1. The van der Waals surface area contributed by atoms with Crippen LogP contribution in [0.1, 0.15) is 21.5 Å². The van der Waals surface area contributed by atoms with E-state index in [4.69, 9.17) is 0 Å². The lowest BCUT2D eigenvalue weighted by molar-refractivity contribution is 0.112. The number of rotatable bonds is 4. The van der Waals surface area contributed by atoms with E-state index in [1.807, 2.05) is 37.1 Å². The third-order valence-corrected chi connectivity index (χ3v) is 3.08. The van der Waals surface area contributed by atoms with Crippen molar-refractivity contribution in [2.24, 2.45) is 0 Å². The first-order chi connectivity index (χ1) is 9.10. The summed E-state index contributed by atoms with van der Waals surface area (Å²) < 4.78 is 13.1. The van der Waals surface area contributed by atoms with Crippen LogP contribution in [0.15, 0.2) is 42.5 Å². The summed E-state index contributed by atoms with van der Waals surface area (Å²) in [7, 11) is 1.95. The molecule has 0 saturated heterocycles. The minimum Gasteiger partial charge on any atom is -0.370 e. The van der Waals surface area contributed by atoms with Crippen LogP contribution in [0.3, 0.4) is 0 Å². The molecule has 0 fully saturated rings. The van der Waals surface area contributed by atoms with Gasteiger partial charge in [0.1, 0.15) is 12.1 Å². The largest absolute Gasteiger partial charge is 0.370 e. The number of halogens is 1. The standard InChI is InChI=1S/C16H16FNO/c1-12-8-14(11-19)6-7-16(12)18(2)10-13-4-3-5-15(17)9-13/h3-9,11H,10H2,1-2H3. The van der Waals surface area contributed by atoms with E-state index in [9.17, 15) is 9.18 Å². The summed E-state index contributed by atoms with van der Waals surface area (Å²) >= 11 is 0. The van der Waals surface area contributed by atoms with E-state index in [-0.39, 0.29) is 5.82 Å². The smallest absolute Gasteiger partial charge is 0.150 e. The zero-order valence-electron chi connectivity index (χ0n) is 11.1. The zero-order valence-corrected chi connectivity index (χ0v) is 11.1. The Morgan fingerprint density at radius 3 is 2.63 bits per heavy atom. The van der Waals surface area contributed by atoms with Gasteiger partial charge in [0.05, 0.1) is 0 Å². The van der Waals surface area contributed by atoms with Crippen molar-refractivity contribution in [3.8, 4) is 0 Å². The summed E-state index contributed by atoms with van der Waals surface area (Å²) in [6.45, 7) is 2.59. The number of carbonyl (C=O) groups is 1. The molecule has 0 aliphatic rings. The van der Waals surface area contributed by atoms with Crippen LogP contribution < -0.4 is 4.90 Å². The van der Waals surface area contributed by atoms with Crippen LogP contribution in [0.5, 0.6) is 0 Å². The predicted octanol–water partition coefficient (Wildman–Crippen LogP) is 3.58. The molecular weight excluding hydrogens is 241 g/mol. The minimum atomic E-state index is -0.223. The van der Waals surface area contributed by atoms with Gasteiger partial charge in [-0.15, -0.1) is 0 Å². The van der Waals surface area contributed by atoms with Crippen molar-refractivity contribution < 1.29 is 9.18 Å². The molecule has 0 atom stereocenters. The Bertz CT molecular complexity index is 595. The van der Waals surface area contributed by atoms with Crippen molar-refractivity contribution in [2.45, 2.75) is 13.5 Å². The van der Waals surface area contributed by atoms with Crippen molar-refractivity contribution in [1.29, 1.82) is 0 Å². The molecule has 0 radical (unpaired) electrons. The van der Waals surface area contributed by atoms with Gasteiger partial charge >= 0.3 is 0 Å². The number of aryl methyl sites for hydroxylation is 1. The fourth-order valence-corrected chi connectivity index (χ4v) is 2.17. The van der Waals surface area contributed by atoms with Gasteiger partial charge in [-0.05, 0) is 48.4 Å². The Morgan fingerprint density at radius 2 is 2.00 bits per heavy atom. The lowest BCUT2D eigenvalue weighted by Gasteiger charge is -2.21. The molecule has 2 aromatic rings. The number of anilines is 1. The van der Waals surface area contributed by atoms with Crippen LogP contribution in [-0.2, 0) is 6.54 Å². The van der Waals surface area contributed by atoms with Gasteiger partial charge in [0.15, 0.2) is 0 Å². The average molecular weight is 257 g/mol. The fraction of sp³-hybridized carbons (Fsp3) is 0.188. The molecule has 0 aliphatic heterocycles. The highest BCUT2D eigenvalue weighted by molar-refractivity contribution is 5.76.